The van der Waals surface area contributed by atoms with Crippen molar-refractivity contribution in [1.82, 2.24) is 10.3 Å². The smallest absolute Gasteiger partial charge is 0.125 e. The fraction of sp³-hybridized carbons (Fsp3) is 0.308. The standard InChI is InChI=1S/C13H14ClFN2S/c1-2-12-7-17-13(18-12)8-16-6-9-3-10(14)5-11(15)4-9/h3-5,7,16H,2,6,8H2,1H3. The lowest BCUT2D eigenvalue weighted by molar-refractivity contribution is 0.620. The zero-order valence-electron chi connectivity index (χ0n) is 10.0. The van der Waals surface area contributed by atoms with Crippen LogP contribution in [-0.2, 0) is 19.5 Å². The fourth-order valence-electron chi connectivity index (χ4n) is 1.62. The first kappa shape index (κ1) is 13.5. The second-order valence-electron chi connectivity index (χ2n) is 3.96. The highest BCUT2D eigenvalue weighted by Crippen LogP contribution is 2.15. The van der Waals surface area contributed by atoms with Gasteiger partial charge in [0.1, 0.15) is 10.8 Å². The molecule has 1 heterocycles. The average molecular weight is 285 g/mol. The van der Waals surface area contributed by atoms with Crippen molar-refractivity contribution in [2.45, 2.75) is 26.4 Å². The monoisotopic (exact) mass is 284 g/mol. The maximum Gasteiger partial charge on any atom is 0.125 e. The first-order valence-corrected chi connectivity index (χ1v) is 6.96. The summed E-state index contributed by atoms with van der Waals surface area (Å²) >= 11 is 7.49. The molecule has 2 rings (SSSR count). The van der Waals surface area contributed by atoms with Gasteiger partial charge in [-0.3, -0.25) is 0 Å². The molecule has 0 atom stereocenters. The third-order valence-electron chi connectivity index (χ3n) is 2.48. The first-order chi connectivity index (χ1) is 8.67. The molecule has 2 nitrogen and oxygen atoms in total. The Bertz CT molecular complexity index is 507. The van der Waals surface area contributed by atoms with Crippen LogP contribution in [0.25, 0.3) is 0 Å². The van der Waals surface area contributed by atoms with Crippen LogP contribution >= 0.6 is 22.9 Å². The van der Waals surface area contributed by atoms with E-state index in [9.17, 15) is 4.39 Å². The number of rotatable bonds is 5. The van der Waals surface area contributed by atoms with Crippen LogP contribution < -0.4 is 5.32 Å². The Hall–Kier alpha value is -0.970. The van der Waals surface area contributed by atoms with Gasteiger partial charge in [0.05, 0.1) is 0 Å². The number of hydrogen-bond acceptors (Lipinski definition) is 3. The Morgan fingerprint density at radius 2 is 2.17 bits per heavy atom. The Labute approximate surface area is 115 Å². The zero-order chi connectivity index (χ0) is 13.0. The van der Waals surface area contributed by atoms with Gasteiger partial charge in [-0.1, -0.05) is 18.5 Å². The molecule has 0 radical (unpaired) electrons. The summed E-state index contributed by atoms with van der Waals surface area (Å²) in [4.78, 5) is 5.59. The molecule has 0 amide bonds. The summed E-state index contributed by atoms with van der Waals surface area (Å²) in [6.07, 6.45) is 2.91. The molecule has 0 aliphatic heterocycles. The third kappa shape index (κ3) is 3.77. The summed E-state index contributed by atoms with van der Waals surface area (Å²) in [5, 5.41) is 4.71. The molecule has 0 bridgehead atoms. The number of halogens is 2. The van der Waals surface area contributed by atoms with Crippen LogP contribution in [0.2, 0.25) is 5.02 Å². The van der Waals surface area contributed by atoms with Crippen LogP contribution in [0.3, 0.4) is 0 Å². The minimum absolute atomic E-state index is 0.304. The van der Waals surface area contributed by atoms with E-state index in [1.807, 2.05) is 6.20 Å². The van der Waals surface area contributed by atoms with Crippen LogP contribution in [0.4, 0.5) is 4.39 Å². The predicted molar refractivity (Wildman–Crippen MR) is 73.4 cm³/mol. The summed E-state index contributed by atoms with van der Waals surface area (Å²) in [6.45, 7) is 3.39. The summed E-state index contributed by atoms with van der Waals surface area (Å²) in [5.74, 6) is -0.304. The van der Waals surface area contributed by atoms with E-state index in [0.29, 0.717) is 18.1 Å². The molecule has 1 N–H and O–H groups in total. The second-order valence-corrected chi connectivity index (χ2v) is 5.59. The molecule has 1 aromatic carbocycles. The minimum atomic E-state index is -0.304. The van der Waals surface area contributed by atoms with Crippen molar-refractivity contribution < 1.29 is 4.39 Å². The first-order valence-electron chi connectivity index (χ1n) is 5.76. The second kappa shape index (κ2) is 6.27. The maximum atomic E-state index is 13.1. The van der Waals surface area contributed by atoms with Gasteiger partial charge in [0.25, 0.3) is 0 Å². The van der Waals surface area contributed by atoms with Crippen LogP contribution in [0.5, 0.6) is 0 Å². The molecule has 1 aromatic heterocycles. The Kier molecular flexibility index (Phi) is 4.69. The fourth-order valence-corrected chi connectivity index (χ4v) is 2.70. The topological polar surface area (TPSA) is 24.9 Å². The van der Waals surface area contributed by atoms with Gasteiger partial charge in [-0.05, 0) is 30.2 Å². The SMILES string of the molecule is CCc1cnc(CNCc2cc(F)cc(Cl)c2)s1. The molecule has 0 spiro atoms. The van der Waals surface area contributed by atoms with Crippen LogP contribution in [0.1, 0.15) is 22.4 Å². The lowest BCUT2D eigenvalue weighted by Gasteiger charge is -2.04. The molecular weight excluding hydrogens is 271 g/mol. The number of thiazole rings is 1. The van der Waals surface area contributed by atoms with Gasteiger partial charge in [-0.15, -0.1) is 11.3 Å². The van der Waals surface area contributed by atoms with Crippen molar-refractivity contribution in [2.75, 3.05) is 0 Å². The molecule has 0 saturated heterocycles. The summed E-state index contributed by atoms with van der Waals surface area (Å²) in [6, 6.07) is 4.55. The molecule has 5 heteroatoms. The van der Waals surface area contributed by atoms with Gasteiger partial charge in [-0.2, -0.15) is 0 Å². The maximum absolute atomic E-state index is 13.1. The molecule has 0 unspecified atom stereocenters. The van der Waals surface area contributed by atoms with E-state index < -0.39 is 0 Å². The van der Waals surface area contributed by atoms with Crippen molar-refractivity contribution >= 4 is 22.9 Å². The average Bonchev–Trinajstić information content (AvgIpc) is 2.76. The van der Waals surface area contributed by atoms with Gasteiger partial charge in [0, 0.05) is 29.2 Å². The highest BCUT2D eigenvalue weighted by atomic mass is 35.5. The Morgan fingerprint density at radius 3 is 2.83 bits per heavy atom. The number of benzene rings is 1. The molecule has 0 fully saturated rings. The number of hydrogen-bond donors (Lipinski definition) is 1. The largest absolute Gasteiger partial charge is 0.306 e. The van der Waals surface area contributed by atoms with Gasteiger partial charge in [0.15, 0.2) is 0 Å². The van der Waals surface area contributed by atoms with Crippen LogP contribution in [0, 0.1) is 5.82 Å². The van der Waals surface area contributed by atoms with Crippen molar-refractivity contribution in [2.24, 2.45) is 0 Å². The molecule has 0 saturated carbocycles. The van der Waals surface area contributed by atoms with E-state index in [-0.39, 0.29) is 5.82 Å². The highest BCUT2D eigenvalue weighted by molar-refractivity contribution is 7.11. The van der Waals surface area contributed by atoms with E-state index in [0.717, 1.165) is 17.0 Å². The van der Waals surface area contributed by atoms with Crippen molar-refractivity contribution in [1.29, 1.82) is 0 Å². The Morgan fingerprint density at radius 1 is 1.33 bits per heavy atom. The number of nitrogens with one attached hydrogen (secondary N) is 1. The summed E-state index contributed by atoms with van der Waals surface area (Å²) in [7, 11) is 0. The number of aryl methyl sites for hydroxylation is 1. The number of nitrogens with zero attached hydrogens (tertiary/aromatic N) is 1. The molecule has 18 heavy (non-hydrogen) atoms. The lowest BCUT2D eigenvalue weighted by atomic mass is 10.2. The normalized spacial score (nSPS) is 10.8. The lowest BCUT2D eigenvalue weighted by Crippen LogP contribution is -2.12. The van der Waals surface area contributed by atoms with Gasteiger partial charge < -0.3 is 5.32 Å². The van der Waals surface area contributed by atoms with E-state index >= 15 is 0 Å². The van der Waals surface area contributed by atoms with Crippen molar-refractivity contribution in [3.63, 3.8) is 0 Å². The van der Waals surface area contributed by atoms with E-state index in [1.54, 1.807) is 17.4 Å². The molecule has 0 aliphatic carbocycles. The highest BCUT2D eigenvalue weighted by Gasteiger charge is 2.02. The quantitative estimate of drug-likeness (QED) is 0.904. The van der Waals surface area contributed by atoms with E-state index in [1.165, 1.54) is 17.0 Å². The Balaban J connectivity index is 1.88. The van der Waals surface area contributed by atoms with Gasteiger partial charge in [0.2, 0.25) is 0 Å². The van der Waals surface area contributed by atoms with Gasteiger partial charge in [-0.25, -0.2) is 9.37 Å². The van der Waals surface area contributed by atoms with Crippen molar-refractivity contribution in [3.8, 4) is 0 Å². The van der Waals surface area contributed by atoms with E-state index in [4.69, 9.17) is 11.6 Å². The minimum Gasteiger partial charge on any atom is -0.306 e. The molecule has 96 valence electrons. The van der Waals surface area contributed by atoms with Crippen LogP contribution in [0.15, 0.2) is 24.4 Å². The predicted octanol–water partition coefficient (Wildman–Crippen LogP) is 3.79. The van der Waals surface area contributed by atoms with Crippen molar-refractivity contribution in [3.05, 3.63) is 50.7 Å². The van der Waals surface area contributed by atoms with Gasteiger partial charge >= 0.3 is 0 Å². The molecular formula is C13H14ClFN2S. The zero-order valence-corrected chi connectivity index (χ0v) is 11.6. The number of aromatic nitrogens is 1. The van der Waals surface area contributed by atoms with Crippen LogP contribution in [-0.4, -0.2) is 4.98 Å². The third-order valence-corrected chi connectivity index (χ3v) is 3.84. The molecule has 0 aliphatic rings. The summed E-state index contributed by atoms with van der Waals surface area (Å²) < 4.78 is 13.1. The molecule has 2 aromatic rings. The summed E-state index contributed by atoms with van der Waals surface area (Å²) in [5.41, 5.74) is 0.840. The van der Waals surface area contributed by atoms with E-state index in [2.05, 4.69) is 17.2 Å².